The van der Waals surface area contributed by atoms with Gasteiger partial charge in [0.15, 0.2) is 6.10 Å². The summed E-state index contributed by atoms with van der Waals surface area (Å²) in [6.45, 7) is 2.12. The molecule has 1 unspecified atom stereocenters. The molecule has 128 valence electrons. The van der Waals surface area contributed by atoms with Crippen molar-refractivity contribution in [3.8, 4) is 17.0 Å². The molecule has 0 spiro atoms. The van der Waals surface area contributed by atoms with E-state index in [1.807, 2.05) is 42.5 Å². The Hall–Kier alpha value is -2.79. The highest BCUT2D eigenvalue weighted by Gasteiger charge is 2.15. The molecule has 1 atom stereocenters. The first-order valence-corrected chi connectivity index (χ1v) is 8.29. The number of nitrogens with zero attached hydrogens (tertiary/aromatic N) is 1. The molecule has 1 amide bonds. The van der Waals surface area contributed by atoms with E-state index in [0.717, 1.165) is 16.8 Å². The number of halogens is 1. The molecule has 0 saturated carbocycles. The average molecular weight is 356 g/mol. The Balaban J connectivity index is 1.54. The summed E-state index contributed by atoms with van der Waals surface area (Å²) in [4.78, 5) is 12.2. The summed E-state index contributed by atoms with van der Waals surface area (Å²) < 4.78 is 5.61. The molecule has 0 aliphatic heterocycles. The molecule has 1 heterocycles. The fourth-order valence-electron chi connectivity index (χ4n) is 2.34. The molecule has 0 radical (unpaired) electrons. The van der Waals surface area contributed by atoms with Gasteiger partial charge in [-0.2, -0.15) is 5.10 Å². The molecule has 6 heteroatoms. The summed E-state index contributed by atoms with van der Waals surface area (Å²) in [6.07, 6.45) is 1.08. The average Bonchev–Trinajstić information content (AvgIpc) is 3.16. The lowest BCUT2D eigenvalue weighted by atomic mass is 10.1. The van der Waals surface area contributed by atoms with Crippen molar-refractivity contribution in [2.45, 2.75) is 19.6 Å². The zero-order valence-electron chi connectivity index (χ0n) is 13.7. The van der Waals surface area contributed by atoms with Gasteiger partial charge in [-0.15, -0.1) is 0 Å². The van der Waals surface area contributed by atoms with Crippen molar-refractivity contribution in [2.75, 3.05) is 0 Å². The van der Waals surface area contributed by atoms with E-state index >= 15 is 0 Å². The van der Waals surface area contributed by atoms with E-state index in [-0.39, 0.29) is 5.91 Å². The van der Waals surface area contributed by atoms with Crippen molar-refractivity contribution in [3.63, 3.8) is 0 Å². The van der Waals surface area contributed by atoms with Crippen LogP contribution in [-0.2, 0) is 11.3 Å². The number of benzene rings is 2. The van der Waals surface area contributed by atoms with Crippen molar-refractivity contribution < 1.29 is 9.53 Å². The monoisotopic (exact) mass is 355 g/mol. The highest BCUT2D eigenvalue weighted by atomic mass is 35.5. The van der Waals surface area contributed by atoms with Crippen LogP contribution >= 0.6 is 11.6 Å². The fourth-order valence-corrected chi connectivity index (χ4v) is 2.52. The number of amides is 1. The molecule has 2 N–H and O–H groups in total. The van der Waals surface area contributed by atoms with Crippen molar-refractivity contribution in [2.24, 2.45) is 0 Å². The molecular weight excluding hydrogens is 338 g/mol. The van der Waals surface area contributed by atoms with Crippen LogP contribution in [0.1, 0.15) is 12.5 Å². The van der Waals surface area contributed by atoms with Gasteiger partial charge in [0.05, 0.1) is 10.7 Å². The van der Waals surface area contributed by atoms with Crippen LogP contribution in [-0.4, -0.2) is 22.2 Å². The Morgan fingerprint density at radius 2 is 1.96 bits per heavy atom. The van der Waals surface area contributed by atoms with E-state index in [1.165, 1.54) is 0 Å². The lowest BCUT2D eigenvalue weighted by Crippen LogP contribution is -2.35. The van der Waals surface area contributed by atoms with Gasteiger partial charge in [-0.3, -0.25) is 9.89 Å². The number of aromatic amines is 1. The lowest BCUT2D eigenvalue weighted by molar-refractivity contribution is -0.127. The number of carbonyl (C=O) groups is 1. The molecular formula is C19H18ClN3O2. The van der Waals surface area contributed by atoms with Gasteiger partial charge in [0, 0.05) is 12.7 Å². The van der Waals surface area contributed by atoms with Crippen LogP contribution < -0.4 is 10.1 Å². The number of aromatic nitrogens is 2. The first kappa shape index (κ1) is 17.0. The number of rotatable bonds is 6. The standard InChI is InChI=1S/C19H18ClN3O2/c1-13(25-18-5-3-2-4-16(18)20)19(24)21-12-14-6-8-15(9-7-14)17-10-11-22-23-17/h2-11,13H,12H2,1H3,(H,21,24)(H,22,23). The minimum atomic E-state index is -0.635. The summed E-state index contributed by atoms with van der Waals surface area (Å²) in [7, 11) is 0. The normalized spacial score (nSPS) is 11.8. The third kappa shape index (κ3) is 4.39. The van der Waals surface area contributed by atoms with Crippen LogP contribution in [0.2, 0.25) is 5.02 Å². The topological polar surface area (TPSA) is 67.0 Å². The van der Waals surface area contributed by atoms with E-state index in [0.29, 0.717) is 17.3 Å². The highest BCUT2D eigenvalue weighted by Crippen LogP contribution is 2.24. The van der Waals surface area contributed by atoms with E-state index in [1.54, 1.807) is 25.3 Å². The summed E-state index contributed by atoms with van der Waals surface area (Å²) in [5.41, 5.74) is 3.00. The van der Waals surface area contributed by atoms with Crippen LogP contribution in [0, 0.1) is 0 Å². The molecule has 0 saturated heterocycles. The summed E-state index contributed by atoms with van der Waals surface area (Å²) in [5.74, 6) is 0.299. The van der Waals surface area contributed by atoms with Crippen LogP contribution in [0.15, 0.2) is 60.8 Å². The van der Waals surface area contributed by atoms with Crippen molar-refractivity contribution >= 4 is 17.5 Å². The van der Waals surface area contributed by atoms with E-state index in [2.05, 4.69) is 15.5 Å². The lowest BCUT2D eigenvalue weighted by Gasteiger charge is -2.15. The molecule has 0 bridgehead atoms. The fraction of sp³-hybridized carbons (Fsp3) is 0.158. The minimum Gasteiger partial charge on any atom is -0.479 e. The van der Waals surface area contributed by atoms with Crippen LogP contribution in [0.4, 0.5) is 0 Å². The van der Waals surface area contributed by atoms with Gasteiger partial charge in [0.25, 0.3) is 5.91 Å². The maximum absolute atomic E-state index is 12.2. The van der Waals surface area contributed by atoms with Crippen LogP contribution in [0.25, 0.3) is 11.3 Å². The number of ether oxygens (including phenoxy) is 1. The zero-order valence-corrected chi connectivity index (χ0v) is 14.5. The number of H-pyrrole nitrogens is 1. The maximum Gasteiger partial charge on any atom is 0.261 e. The maximum atomic E-state index is 12.2. The Labute approximate surface area is 151 Å². The molecule has 2 aromatic carbocycles. The Morgan fingerprint density at radius 1 is 1.20 bits per heavy atom. The number of hydrogen-bond donors (Lipinski definition) is 2. The molecule has 5 nitrogen and oxygen atoms in total. The van der Waals surface area contributed by atoms with E-state index < -0.39 is 6.10 Å². The smallest absolute Gasteiger partial charge is 0.261 e. The second-order valence-electron chi connectivity index (χ2n) is 5.58. The van der Waals surface area contributed by atoms with E-state index in [4.69, 9.17) is 16.3 Å². The van der Waals surface area contributed by atoms with Crippen molar-refractivity contribution in [1.82, 2.24) is 15.5 Å². The second kappa shape index (κ2) is 7.85. The number of hydrogen-bond acceptors (Lipinski definition) is 3. The predicted molar refractivity (Wildman–Crippen MR) is 97.4 cm³/mol. The highest BCUT2D eigenvalue weighted by molar-refractivity contribution is 6.32. The molecule has 1 aromatic heterocycles. The molecule has 0 aliphatic rings. The Morgan fingerprint density at radius 3 is 2.64 bits per heavy atom. The SMILES string of the molecule is CC(Oc1ccccc1Cl)C(=O)NCc1ccc(-c2ccn[nH]2)cc1. The summed E-state index contributed by atoms with van der Waals surface area (Å²) >= 11 is 6.04. The summed E-state index contributed by atoms with van der Waals surface area (Å²) in [5, 5.41) is 10.2. The molecule has 0 aliphatic carbocycles. The van der Waals surface area contributed by atoms with Crippen molar-refractivity contribution in [1.29, 1.82) is 0 Å². The number of carbonyl (C=O) groups excluding carboxylic acids is 1. The van der Waals surface area contributed by atoms with Gasteiger partial charge in [0.2, 0.25) is 0 Å². The Kier molecular flexibility index (Phi) is 5.36. The summed E-state index contributed by atoms with van der Waals surface area (Å²) in [6, 6.07) is 16.9. The van der Waals surface area contributed by atoms with Gasteiger partial charge >= 0.3 is 0 Å². The number of para-hydroxylation sites is 1. The molecule has 3 rings (SSSR count). The third-order valence-corrected chi connectivity index (χ3v) is 4.05. The van der Waals surface area contributed by atoms with Crippen LogP contribution in [0.3, 0.4) is 0 Å². The third-order valence-electron chi connectivity index (χ3n) is 3.74. The predicted octanol–water partition coefficient (Wildman–Crippen LogP) is 3.81. The molecule has 3 aromatic rings. The first-order valence-electron chi connectivity index (χ1n) is 7.91. The largest absolute Gasteiger partial charge is 0.479 e. The Bertz CT molecular complexity index is 832. The van der Waals surface area contributed by atoms with Crippen LogP contribution in [0.5, 0.6) is 5.75 Å². The van der Waals surface area contributed by atoms with Crippen molar-refractivity contribution in [3.05, 3.63) is 71.4 Å². The molecule has 25 heavy (non-hydrogen) atoms. The molecule has 0 fully saturated rings. The second-order valence-corrected chi connectivity index (χ2v) is 5.98. The van der Waals surface area contributed by atoms with E-state index in [9.17, 15) is 4.79 Å². The first-order chi connectivity index (χ1) is 12.1. The van der Waals surface area contributed by atoms with Gasteiger partial charge in [0.1, 0.15) is 5.75 Å². The van der Waals surface area contributed by atoms with Gasteiger partial charge in [-0.25, -0.2) is 0 Å². The van der Waals surface area contributed by atoms with Gasteiger partial charge in [-0.1, -0.05) is 48.0 Å². The zero-order chi connectivity index (χ0) is 17.6. The van der Waals surface area contributed by atoms with Gasteiger partial charge in [-0.05, 0) is 36.2 Å². The quantitative estimate of drug-likeness (QED) is 0.706. The number of nitrogens with one attached hydrogen (secondary N) is 2. The minimum absolute atomic E-state index is 0.197. The van der Waals surface area contributed by atoms with Gasteiger partial charge < -0.3 is 10.1 Å².